The van der Waals surface area contributed by atoms with Crippen LogP contribution < -0.4 is 9.47 Å². The van der Waals surface area contributed by atoms with Crippen molar-refractivity contribution in [3.05, 3.63) is 58.6 Å². The highest BCUT2D eigenvalue weighted by Gasteiger charge is 2.27. The second kappa shape index (κ2) is 5.58. The van der Waals surface area contributed by atoms with Crippen molar-refractivity contribution in [1.82, 2.24) is 0 Å². The van der Waals surface area contributed by atoms with Crippen molar-refractivity contribution in [3.8, 4) is 11.5 Å². The molecule has 3 nitrogen and oxygen atoms in total. The van der Waals surface area contributed by atoms with Gasteiger partial charge in [0.2, 0.25) is 0 Å². The summed E-state index contributed by atoms with van der Waals surface area (Å²) < 4.78 is 11.3. The molecular weight excluding hydrogens is 288 g/mol. The summed E-state index contributed by atoms with van der Waals surface area (Å²) in [5, 5.41) is 11.5. The summed E-state index contributed by atoms with van der Waals surface area (Å²) in [6.45, 7) is 3.02. The quantitative estimate of drug-likeness (QED) is 0.918. The minimum Gasteiger partial charge on any atom is -0.490 e. The minimum atomic E-state index is -1.14. The number of ether oxygens (including phenoxy) is 2. The molecule has 110 valence electrons. The molecule has 0 radical (unpaired) electrons. The maximum Gasteiger partial charge on any atom is 0.161 e. The van der Waals surface area contributed by atoms with Crippen LogP contribution >= 0.6 is 11.6 Å². The summed E-state index contributed by atoms with van der Waals surface area (Å²) in [7, 11) is 0. The molecule has 3 rings (SSSR count). The molecule has 0 aromatic heterocycles. The van der Waals surface area contributed by atoms with Crippen molar-refractivity contribution in [2.24, 2.45) is 0 Å². The summed E-state index contributed by atoms with van der Waals surface area (Å²) in [6, 6.07) is 12.8. The molecule has 1 aliphatic heterocycles. The van der Waals surface area contributed by atoms with Crippen LogP contribution in [0.4, 0.5) is 0 Å². The molecule has 4 heteroatoms. The third-order valence-electron chi connectivity index (χ3n) is 3.70. The Morgan fingerprint density at radius 2 is 1.71 bits per heavy atom. The van der Waals surface area contributed by atoms with E-state index >= 15 is 0 Å². The number of rotatable bonds is 2. The predicted octanol–water partition coefficient (Wildman–Crippen LogP) is 3.76. The van der Waals surface area contributed by atoms with Gasteiger partial charge >= 0.3 is 0 Å². The largest absolute Gasteiger partial charge is 0.490 e. The first-order valence-corrected chi connectivity index (χ1v) is 7.34. The van der Waals surface area contributed by atoms with Gasteiger partial charge in [-0.1, -0.05) is 29.8 Å². The average Bonchev–Trinajstić information content (AvgIpc) is 2.71. The summed E-state index contributed by atoms with van der Waals surface area (Å²) in [4.78, 5) is 0. The summed E-state index contributed by atoms with van der Waals surface area (Å²) >= 11 is 6.02. The van der Waals surface area contributed by atoms with Crippen LogP contribution in [0.5, 0.6) is 11.5 Å². The Morgan fingerprint density at radius 3 is 2.48 bits per heavy atom. The highest BCUT2D eigenvalue weighted by molar-refractivity contribution is 6.30. The molecular formula is C17H17ClO3. The van der Waals surface area contributed by atoms with Gasteiger partial charge in [-0.15, -0.1) is 0 Å². The zero-order valence-electron chi connectivity index (χ0n) is 11.8. The topological polar surface area (TPSA) is 38.7 Å². The fourth-order valence-corrected chi connectivity index (χ4v) is 2.61. The number of benzene rings is 2. The number of hydrogen-bond acceptors (Lipinski definition) is 3. The van der Waals surface area contributed by atoms with Crippen molar-refractivity contribution in [3.63, 3.8) is 0 Å². The summed E-state index contributed by atoms with van der Waals surface area (Å²) in [5.41, 5.74) is 0.341. The first kappa shape index (κ1) is 14.2. The Kier molecular flexibility index (Phi) is 3.79. The minimum absolute atomic E-state index is 0.599. The van der Waals surface area contributed by atoms with E-state index in [0.717, 1.165) is 23.3 Å². The molecule has 0 amide bonds. The number of halogens is 1. The molecule has 0 aliphatic carbocycles. The van der Waals surface area contributed by atoms with Gasteiger partial charge in [-0.3, -0.25) is 0 Å². The highest BCUT2D eigenvalue weighted by atomic mass is 35.5. The Hall–Kier alpha value is -1.71. The molecule has 1 heterocycles. The Balaban J connectivity index is 2.01. The van der Waals surface area contributed by atoms with Crippen LogP contribution in [0.15, 0.2) is 42.5 Å². The second-order valence-electron chi connectivity index (χ2n) is 5.29. The van der Waals surface area contributed by atoms with Crippen molar-refractivity contribution in [1.29, 1.82) is 0 Å². The fourth-order valence-electron chi connectivity index (χ4n) is 2.42. The lowest BCUT2D eigenvalue weighted by Gasteiger charge is -2.25. The molecule has 2 aromatic carbocycles. The molecule has 0 bridgehead atoms. The van der Waals surface area contributed by atoms with E-state index in [0.29, 0.717) is 24.0 Å². The number of fused-ring (bicyclic) bond motifs is 1. The number of aliphatic hydroxyl groups is 1. The lowest BCUT2D eigenvalue weighted by atomic mass is 9.88. The van der Waals surface area contributed by atoms with Crippen LogP contribution in [0, 0.1) is 0 Å². The van der Waals surface area contributed by atoms with Crippen LogP contribution in [0.1, 0.15) is 24.5 Å². The van der Waals surface area contributed by atoms with E-state index < -0.39 is 5.60 Å². The van der Waals surface area contributed by atoms with Gasteiger partial charge in [-0.2, -0.15) is 0 Å². The monoisotopic (exact) mass is 304 g/mol. The van der Waals surface area contributed by atoms with Crippen molar-refractivity contribution in [2.45, 2.75) is 18.9 Å². The third kappa shape index (κ3) is 2.85. The maximum absolute atomic E-state index is 10.9. The van der Waals surface area contributed by atoms with Gasteiger partial charge in [0, 0.05) is 11.4 Å². The van der Waals surface area contributed by atoms with Crippen LogP contribution in [0.25, 0.3) is 0 Å². The number of hydrogen-bond donors (Lipinski definition) is 1. The van der Waals surface area contributed by atoms with E-state index in [4.69, 9.17) is 21.1 Å². The van der Waals surface area contributed by atoms with E-state index in [1.165, 1.54) is 0 Å². The lowest BCUT2D eigenvalue weighted by molar-refractivity contribution is 0.102. The zero-order valence-corrected chi connectivity index (χ0v) is 12.6. The molecule has 0 spiro atoms. The van der Waals surface area contributed by atoms with E-state index in [-0.39, 0.29) is 0 Å². The van der Waals surface area contributed by atoms with Gasteiger partial charge in [0.1, 0.15) is 5.60 Å². The molecule has 0 fully saturated rings. The van der Waals surface area contributed by atoms with Gasteiger partial charge < -0.3 is 14.6 Å². The molecule has 1 aliphatic rings. The Bertz CT molecular complexity index is 652. The summed E-state index contributed by atoms with van der Waals surface area (Å²) in [6.07, 6.45) is 0.856. The van der Waals surface area contributed by atoms with Gasteiger partial charge in [0.25, 0.3) is 0 Å². The SMILES string of the molecule is CC(O)(c1cccc(Cl)c1)c1ccc2c(c1)OCCCO2. The van der Waals surface area contributed by atoms with E-state index in [1.807, 2.05) is 30.3 Å². The second-order valence-corrected chi connectivity index (χ2v) is 5.73. The van der Waals surface area contributed by atoms with Crippen molar-refractivity contribution < 1.29 is 14.6 Å². The third-order valence-corrected chi connectivity index (χ3v) is 3.93. The van der Waals surface area contributed by atoms with Gasteiger partial charge in [0.15, 0.2) is 11.5 Å². The van der Waals surface area contributed by atoms with E-state index in [2.05, 4.69) is 0 Å². The molecule has 21 heavy (non-hydrogen) atoms. The van der Waals surface area contributed by atoms with Gasteiger partial charge in [-0.25, -0.2) is 0 Å². The average molecular weight is 305 g/mol. The Morgan fingerprint density at radius 1 is 1.00 bits per heavy atom. The van der Waals surface area contributed by atoms with Crippen molar-refractivity contribution >= 4 is 11.6 Å². The lowest BCUT2D eigenvalue weighted by Crippen LogP contribution is -2.22. The van der Waals surface area contributed by atoms with E-state index in [9.17, 15) is 5.11 Å². The standard InChI is InChI=1S/C17H17ClO3/c1-17(19,12-4-2-5-14(18)10-12)13-6-7-15-16(11-13)21-9-3-8-20-15/h2,4-7,10-11,19H,3,8-9H2,1H3. The van der Waals surface area contributed by atoms with Crippen LogP contribution in [0.2, 0.25) is 5.02 Å². The Labute approximate surface area is 129 Å². The van der Waals surface area contributed by atoms with Crippen LogP contribution in [-0.2, 0) is 5.60 Å². The normalized spacial score (nSPS) is 16.9. The van der Waals surface area contributed by atoms with E-state index in [1.54, 1.807) is 19.1 Å². The maximum atomic E-state index is 10.9. The van der Waals surface area contributed by atoms with Crippen LogP contribution in [0.3, 0.4) is 0 Å². The zero-order chi connectivity index (χ0) is 14.9. The smallest absolute Gasteiger partial charge is 0.161 e. The molecule has 1 N–H and O–H groups in total. The highest BCUT2D eigenvalue weighted by Crippen LogP contribution is 2.37. The molecule has 0 saturated heterocycles. The molecule has 1 atom stereocenters. The van der Waals surface area contributed by atoms with Crippen molar-refractivity contribution in [2.75, 3.05) is 13.2 Å². The van der Waals surface area contributed by atoms with Crippen LogP contribution in [-0.4, -0.2) is 18.3 Å². The molecule has 0 saturated carbocycles. The fraction of sp³-hybridized carbons (Fsp3) is 0.294. The molecule has 2 aromatic rings. The predicted molar refractivity (Wildman–Crippen MR) is 82.2 cm³/mol. The van der Waals surface area contributed by atoms with Gasteiger partial charge in [-0.05, 0) is 42.3 Å². The van der Waals surface area contributed by atoms with Gasteiger partial charge in [0.05, 0.1) is 13.2 Å². The first-order chi connectivity index (χ1) is 10.1. The first-order valence-electron chi connectivity index (χ1n) is 6.96. The molecule has 1 unspecified atom stereocenters. The summed E-state index contributed by atoms with van der Waals surface area (Å²) in [5.74, 6) is 1.39.